The van der Waals surface area contributed by atoms with Gasteiger partial charge in [0, 0.05) is 18.3 Å². The molecule has 1 atom stereocenters. The normalized spacial score (nSPS) is 23.7. The van der Waals surface area contributed by atoms with Crippen LogP contribution in [0.1, 0.15) is 25.7 Å². The number of ether oxygens (including phenoxy) is 1. The van der Waals surface area contributed by atoms with Gasteiger partial charge in [-0.3, -0.25) is 4.79 Å². The van der Waals surface area contributed by atoms with Crippen molar-refractivity contribution in [3.8, 4) is 0 Å². The van der Waals surface area contributed by atoms with Crippen molar-refractivity contribution < 1.29 is 9.53 Å². The third kappa shape index (κ3) is 2.86. The van der Waals surface area contributed by atoms with Crippen LogP contribution in [0.5, 0.6) is 0 Å². The topological polar surface area (TPSA) is 41.6 Å². The molecular formula is C16H22N2O2. The van der Waals surface area contributed by atoms with Gasteiger partial charge in [-0.15, -0.1) is 0 Å². The van der Waals surface area contributed by atoms with Crippen molar-refractivity contribution in [3.63, 3.8) is 0 Å². The number of carbonyl (C=O) groups excluding carboxylic acids is 1. The standard InChI is InChI=1S/C16H22N2O2/c19-16(15-7-4-12-20-15)18(13-5-2-1-3-6-13)14-8-10-17-11-9-14/h1-3,5-6,14-15,17H,4,7-12H2. The van der Waals surface area contributed by atoms with Crippen molar-refractivity contribution in [2.75, 3.05) is 24.6 Å². The Labute approximate surface area is 120 Å². The number of nitrogens with one attached hydrogen (secondary N) is 1. The monoisotopic (exact) mass is 274 g/mol. The number of rotatable bonds is 3. The van der Waals surface area contributed by atoms with Crippen molar-refractivity contribution in [1.82, 2.24) is 5.32 Å². The maximum Gasteiger partial charge on any atom is 0.256 e. The van der Waals surface area contributed by atoms with Crippen molar-refractivity contribution in [2.45, 2.75) is 37.8 Å². The molecule has 1 aromatic rings. The molecule has 0 aromatic heterocycles. The van der Waals surface area contributed by atoms with Crippen LogP contribution < -0.4 is 10.2 Å². The van der Waals surface area contributed by atoms with Crippen LogP contribution in [0, 0.1) is 0 Å². The summed E-state index contributed by atoms with van der Waals surface area (Å²) in [5.74, 6) is 0.139. The average molecular weight is 274 g/mol. The van der Waals surface area contributed by atoms with Crippen LogP contribution in [0.25, 0.3) is 0 Å². The zero-order chi connectivity index (χ0) is 13.8. The molecule has 2 fully saturated rings. The zero-order valence-corrected chi connectivity index (χ0v) is 11.8. The molecule has 3 rings (SSSR count). The first kappa shape index (κ1) is 13.6. The van der Waals surface area contributed by atoms with Gasteiger partial charge in [-0.2, -0.15) is 0 Å². The molecule has 4 heteroatoms. The largest absolute Gasteiger partial charge is 0.368 e. The first-order valence-electron chi connectivity index (χ1n) is 7.57. The zero-order valence-electron chi connectivity index (χ0n) is 11.8. The van der Waals surface area contributed by atoms with Crippen LogP contribution >= 0.6 is 0 Å². The van der Waals surface area contributed by atoms with Gasteiger partial charge in [-0.05, 0) is 50.9 Å². The molecule has 0 bridgehead atoms. The van der Waals surface area contributed by atoms with Gasteiger partial charge in [0.05, 0.1) is 0 Å². The predicted molar refractivity (Wildman–Crippen MR) is 78.8 cm³/mol. The quantitative estimate of drug-likeness (QED) is 0.916. The second-order valence-electron chi connectivity index (χ2n) is 5.53. The number of nitrogens with zero attached hydrogens (tertiary/aromatic N) is 1. The van der Waals surface area contributed by atoms with Crippen molar-refractivity contribution in [1.29, 1.82) is 0 Å². The average Bonchev–Trinajstić information content (AvgIpc) is 3.04. The molecule has 108 valence electrons. The number of hydrogen-bond acceptors (Lipinski definition) is 3. The van der Waals surface area contributed by atoms with Crippen molar-refractivity contribution in [2.24, 2.45) is 0 Å². The maximum atomic E-state index is 12.8. The van der Waals surface area contributed by atoms with Gasteiger partial charge in [-0.25, -0.2) is 0 Å². The van der Waals surface area contributed by atoms with E-state index in [1.807, 2.05) is 35.2 Å². The highest BCUT2D eigenvalue weighted by Crippen LogP contribution is 2.25. The first-order valence-corrected chi connectivity index (χ1v) is 7.57. The van der Waals surface area contributed by atoms with Crippen molar-refractivity contribution >= 4 is 11.6 Å². The summed E-state index contributed by atoms with van der Waals surface area (Å²) in [7, 11) is 0. The molecule has 20 heavy (non-hydrogen) atoms. The van der Waals surface area contributed by atoms with Crippen LogP contribution in [-0.4, -0.2) is 37.7 Å². The van der Waals surface area contributed by atoms with Gasteiger partial charge in [0.1, 0.15) is 6.10 Å². The molecule has 4 nitrogen and oxygen atoms in total. The molecule has 1 unspecified atom stereocenters. The Morgan fingerprint density at radius 2 is 1.90 bits per heavy atom. The molecule has 2 aliphatic rings. The van der Waals surface area contributed by atoms with E-state index in [9.17, 15) is 4.79 Å². The first-order chi connectivity index (χ1) is 9.86. The minimum Gasteiger partial charge on any atom is -0.368 e. The Balaban J connectivity index is 1.84. The number of carbonyl (C=O) groups is 1. The SMILES string of the molecule is O=C(C1CCCO1)N(c1ccccc1)C1CCNCC1. The molecular weight excluding hydrogens is 252 g/mol. The van der Waals surface area contributed by atoms with Gasteiger partial charge >= 0.3 is 0 Å². The number of hydrogen-bond donors (Lipinski definition) is 1. The fourth-order valence-corrected chi connectivity index (χ4v) is 3.10. The highest BCUT2D eigenvalue weighted by Gasteiger charge is 2.33. The molecule has 0 saturated carbocycles. The van der Waals surface area contributed by atoms with Crippen LogP contribution in [0.4, 0.5) is 5.69 Å². The lowest BCUT2D eigenvalue weighted by atomic mass is 10.0. The number of para-hydroxylation sites is 1. The van der Waals surface area contributed by atoms with Gasteiger partial charge in [0.25, 0.3) is 5.91 Å². The van der Waals surface area contributed by atoms with E-state index in [2.05, 4.69) is 5.32 Å². The minimum atomic E-state index is -0.245. The molecule has 0 radical (unpaired) electrons. The molecule has 1 aromatic carbocycles. The summed E-state index contributed by atoms with van der Waals surface area (Å²) in [5.41, 5.74) is 1.000. The predicted octanol–water partition coefficient (Wildman–Crippen LogP) is 1.95. The highest BCUT2D eigenvalue weighted by atomic mass is 16.5. The number of amides is 1. The molecule has 1 N–H and O–H groups in total. The molecule has 0 aliphatic carbocycles. The number of benzene rings is 1. The molecule has 1 amide bonds. The summed E-state index contributed by atoms with van der Waals surface area (Å²) in [6, 6.07) is 10.3. The summed E-state index contributed by atoms with van der Waals surface area (Å²) in [5, 5.41) is 3.36. The lowest BCUT2D eigenvalue weighted by Gasteiger charge is -2.36. The highest BCUT2D eigenvalue weighted by molar-refractivity contribution is 5.97. The fraction of sp³-hybridized carbons (Fsp3) is 0.562. The van der Waals surface area contributed by atoms with E-state index in [0.29, 0.717) is 6.61 Å². The molecule has 0 spiro atoms. The van der Waals surface area contributed by atoms with E-state index < -0.39 is 0 Å². The summed E-state index contributed by atoms with van der Waals surface area (Å²) < 4.78 is 5.60. The Hall–Kier alpha value is -1.39. The van der Waals surface area contributed by atoms with E-state index in [-0.39, 0.29) is 18.1 Å². The Morgan fingerprint density at radius 1 is 1.15 bits per heavy atom. The van der Waals surface area contributed by atoms with E-state index in [1.54, 1.807) is 0 Å². The molecule has 2 heterocycles. The summed E-state index contributed by atoms with van der Waals surface area (Å²) in [4.78, 5) is 14.8. The van der Waals surface area contributed by atoms with E-state index in [0.717, 1.165) is 44.5 Å². The number of piperidine rings is 1. The summed E-state index contributed by atoms with van der Waals surface area (Å²) >= 11 is 0. The van der Waals surface area contributed by atoms with E-state index in [4.69, 9.17) is 4.74 Å². The second kappa shape index (κ2) is 6.37. The van der Waals surface area contributed by atoms with Crippen molar-refractivity contribution in [3.05, 3.63) is 30.3 Å². The third-order valence-corrected chi connectivity index (χ3v) is 4.15. The van der Waals surface area contributed by atoms with Gasteiger partial charge in [0.2, 0.25) is 0 Å². The Morgan fingerprint density at radius 3 is 2.55 bits per heavy atom. The Kier molecular flexibility index (Phi) is 4.33. The summed E-state index contributed by atoms with van der Waals surface area (Å²) in [6.07, 6.45) is 3.61. The smallest absolute Gasteiger partial charge is 0.256 e. The fourth-order valence-electron chi connectivity index (χ4n) is 3.10. The van der Waals surface area contributed by atoms with Crippen LogP contribution in [0.15, 0.2) is 30.3 Å². The van der Waals surface area contributed by atoms with E-state index in [1.165, 1.54) is 0 Å². The van der Waals surface area contributed by atoms with Crippen LogP contribution in [0.3, 0.4) is 0 Å². The van der Waals surface area contributed by atoms with Gasteiger partial charge in [-0.1, -0.05) is 18.2 Å². The molecule has 2 saturated heterocycles. The van der Waals surface area contributed by atoms with Gasteiger partial charge in [0.15, 0.2) is 0 Å². The lowest BCUT2D eigenvalue weighted by Crippen LogP contribution is -2.49. The number of anilines is 1. The Bertz CT molecular complexity index is 437. The minimum absolute atomic E-state index is 0.139. The van der Waals surface area contributed by atoms with Crippen LogP contribution in [0.2, 0.25) is 0 Å². The second-order valence-corrected chi connectivity index (χ2v) is 5.53. The van der Waals surface area contributed by atoms with Gasteiger partial charge < -0.3 is 15.0 Å². The maximum absolute atomic E-state index is 12.8. The lowest BCUT2D eigenvalue weighted by molar-refractivity contribution is -0.128. The molecule has 2 aliphatic heterocycles. The van der Waals surface area contributed by atoms with E-state index >= 15 is 0 Å². The third-order valence-electron chi connectivity index (χ3n) is 4.15. The summed E-state index contributed by atoms with van der Waals surface area (Å²) in [6.45, 7) is 2.67. The van der Waals surface area contributed by atoms with Crippen LogP contribution in [-0.2, 0) is 9.53 Å².